The minimum Gasteiger partial charge on any atom is -0.481 e. The van der Waals surface area contributed by atoms with Gasteiger partial charge in [-0.2, -0.15) is 0 Å². The summed E-state index contributed by atoms with van der Waals surface area (Å²) >= 11 is 0. The van der Waals surface area contributed by atoms with Crippen LogP contribution in [0.3, 0.4) is 0 Å². The first-order chi connectivity index (χ1) is 9.56. The summed E-state index contributed by atoms with van der Waals surface area (Å²) in [4.78, 5) is 24.8. The van der Waals surface area contributed by atoms with Crippen molar-refractivity contribution in [3.63, 3.8) is 0 Å². The number of carbonyl (C=O) groups excluding carboxylic acids is 1. The molecule has 1 heterocycles. The highest BCUT2D eigenvalue weighted by Crippen LogP contribution is 2.20. The molecule has 0 radical (unpaired) electrons. The molecular formula is C15H20N2O3. The first-order valence-corrected chi connectivity index (χ1v) is 6.87. The van der Waals surface area contributed by atoms with Crippen LogP contribution in [-0.2, 0) is 9.59 Å². The number of aliphatic carboxylic acids is 1. The number of likely N-dealkylation sites (tertiary alicyclic amines) is 1. The minimum absolute atomic E-state index is 0.0184. The minimum atomic E-state index is -0.804. The number of aryl methyl sites for hydroxylation is 1. The molecule has 1 unspecified atom stereocenters. The number of anilines is 1. The molecule has 1 fully saturated rings. The molecule has 108 valence electrons. The van der Waals surface area contributed by atoms with Crippen LogP contribution in [0.1, 0.15) is 24.8 Å². The first-order valence-electron chi connectivity index (χ1n) is 6.87. The van der Waals surface area contributed by atoms with Gasteiger partial charge in [-0.3, -0.25) is 14.5 Å². The van der Waals surface area contributed by atoms with Crippen molar-refractivity contribution in [2.45, 2.75) is 32.2 Å². The number of hydrogen-bond donors (Lipinski definition) is 2. The Morgan fingerprint density at radius 1 is 1.40 bits per heavy atom. The average molecular weight is 276 g/mol. The lowest BCUT2D eigenvalue weighted by molar-refractivity contribution is -0.138. The van der Waals surface area contributed by atoms with Crippen LogP contribution >= 0.6 is 0 Å². The lowest BCUT2D eigenvalue weighted by Gasteiger charge is -2.22. The molecule has 1 amide bonds. The molecule has 20 heavy (non-hydrogen) atoms. The summed E-state index contributed by atoms with van der Waals surface area (Å²) in [6.45, 7) is 2.99. The molecule has 1 saturated heterocycles. The fourth-order valence-corrected chi connectivity index (χ4v) is 2.62. The van der Waals surface area contributed by atoms with Crippen LogP contribution in [0.2, 0.25) is 0 Å². The molecule has 0 saturated carbocycles. The van der Waals surface area contributed by atoms with Gasteiger partial charge in [-0.15, -0.1) is 0 Å². The summed E-state index contributed by atoms with van der Waals surface area (Å²) in [5, 5.41) is 11.8. The topological polar surface area (TPSA) is 69.6 Å². The van der Waals surface area contributed by atoms with Crippen molar-refractivity contribution in [3.8, 4) is 0 Å². The van der Waals surface area contributed by atoms with E-state index in [9.17, 15) is 9.59 Å². The van der Waals surface area contributed by atoms with E-state index in [1.807, 2.05) is 36.1 Å². The van der Waals surface area contributed by atoms with Crippen molar-refractivity contribution in [3.05, 3.63) is 29.8 Å². The molecule has 1 aliphatic heterocycles. The van der Waals surface area contributed by atoms with E-state index < -0.39 is 5.97 Å². The Morgan fingerprint density at radius 2 is 2.15 bits per heavy atom. The maximum atomic E-state index is 12.1. The molecular weight excluding hydrogens is 256 g/mol. The zero-order chi connectivity index (χ0) is 14.5. The normalized spacial score (nSPS) is 18.9. The summed E-state index contributed by atoms with van der Waals surface area (Å²) < 4.78 is 0. The van der Waals surface area contributed by atoms with E-state index in [2.05, 4.69) is 5.32 Å². The number of nitrogens with zero attached hydrogens (tertiary/aromatic N) is 1. The number of carboxylic acid groups (broad SMARTS) is 1. The van der Waals surface area contributed by atoms with Crippen LogP contribution in [0.4, 0.5) is 5.69 Å². The zero-order valence-corrected chi connectivity index (χ0v) is 11.6. The van der Waals surface area contributed by atoms with Crippen molar-refractivity contribution >= 4 is 17.6 Å². The lowest BCUT2D eigenvalue weighted by Crippen LogP contribution is -2.37. The van der Waals surface area contributed by atoms with Crippen LogP contribution < -0.4 is 5.32 Å². The summed E-state index contributed by atoms with van der Waals surface area (Å²) in [7, 11) is 0. The SMILES string of the molecule is Cc1ccccc1NC(=O)CN1CCCC1CC(=O)O. The highest BCUT2D eigenvalue weighted by Gasteiger charge is 2.27. The van der Waals surface area contributed by atoms with Crippen molar-refractivity contribution in [2.75, 3.05) is 18.4 Å². The van der Waals surface area contributed by atoms with E-state index in [1.165, 1.54) is 0 Å². The molecule has 0 spiro atoms. The molecule has 1 aromatic carbocycles. The number of carbonyl (C=O) groups is 2. The third-order valence-electron chi connectivity index (χ3n) is 3.68. The van der Waals surface area contributed by atoms with Gasteiger partial charge in [0.1, 0.15) is 0 Å². The van der Waals surface area contributed by atoms with Gasteiger partial charge in [-0.25, -0.2) is 0 Å². The van der Waals surface area contributed by atoms with Crippen LogP contribution in [0, 0.1) is 6.92 Å². The maximum absolute atomic E-state index is 12.1. The van der Waals surface area contributed by atoms with Gasteiger partial charge < -0.3 is 10.4 Å². The van der Waals surface area contributed by atoms with Crippen LogP contribution in [0.5, 0.6) is 0 Å². The molecule has 0 bridgehead atoms. The Kier molecular flexibility index (Phi) is 4.74. The second kappa shape index (κ2) is 6.52. The lowest BCUT2D eigenvalue weighted by atomic mass is 10.1. The maximum Gasteiger partial charge on any atom is 0.304 e. The summed E-state index contributed by atoms with van der Waals surface area (Å²) in [6, 6.07) is 7.60. The standard InChI is InChI=1S/C15H20N2O3/c1-11-5-2-3-7-13(11)16-14(18)10-17-8-4-6-12(17)9-15(19)20/h2-3,5,7,12H,4,6,8-10H2,1H3,(H,16,18)(H,19,20). The fraction of sp³-hybridized carbons (Fsp3) is 0.467. The van der Waals surface area contributed by atoms with Gasteiger partial charge in [0.05, 0.1) is 13.0 Å². The smallest absolute Gasteiger partial charge is 0.304 e. The number of amides is 1. The van der Waals surface area contributed by atoms with Gasteiger partial charge in [0.25, 0.3) is 0 Å². The van der Waals surface area contributed by atoms with Crippen LogP contribution in [0.25, 0.3) is 0 Å². The van der Waals surface area contributed by atoms with Crippen molar-refractivity contribution in [1.29, 1.82) is 0 Å². The van der Waals surface area contributed by atoms with Crippen molar-refractivity contribution in [2.24, 2.45) is 0 Å². The number of para-hydroxylation sites is 1. The van der Waals surface area contributed by atoms with E-state index in [4.69, 9.17) is 5.11 Å². The number of carboxylic acids is 1. The molecule has 2 rings (SSSR count). The Balaban J connectivity index is 1.91. The van der Waals surface area contributed by atoms with Crippen molar-refractivity contribution in [1.82, 2.24) is 4.90 Å². The van der Waals surface area contributed by atoms with Gasteiger partial charge in [-0.05, 0) is 37.9 Å². The molecule has 1 aliphatic rings. The van der Waals surface area contributed by atoms with Crippen LogP contribution in [-0.4, -0.2) is 41.0 Å². The molecule has 5 nitrogen and oxygen atoms in total. The number of hydrogen-bond acceptors (Lipinski definition) is 3. The van der Waals surface area contributed by atoms with E-state index >= 15 is 0 Å². The predicted octanol–water partition coefficient (Wildman–Crippen LogP) is 1.87. The molecule has 1 aromatic rings. The second-order valence-corrected chi connectivity index (χ2v) is 5.23. The van der Waals surface area contributed by atoms with Crippen LogP contribution in [0.15, 0.2) is 24.3 Å². The Hall–Kier alpha value is -1.88. The Labute approximate surface area is 118 Å². The zero-order valence-electron chi connectivity index (χ0n) is 11.6. The van der Waals surface area contributed by atoms with Crippen molar-refractivity contribution < 1.29 is 14.7 Å². The Morgan fingerprint density at radius 3 is 2.85 bits per heavy atom. The number of rotatable bonds is 5. The summed E-state index contributed by atoms with van der Waals surface area (Å²) in [5.74, 6) is -0.891. The van der Waals surface area contributed by atoms with Gasteiger partial charge >= 0.3 is 5.97 Å². The third kappa shape index (κ3) is 3.81. The van der Waals surface area contributed by atoms with E-state index in [0.29, 0.717) is 0 Å². The Bertz CT molecular complexity index is 502. The van der Waals surface area contributed by atoms with Gasteiger partial charge in [-0.1, -0.05) is 18.2 Å². The quantitative estimate of drug-likeness (QED) is 0.861. The summed E-state index contributed by atoms with van der Waals surface area (Å²) in [5.41, 5.74) is 1.83. The first kappa shape index (κ1) is 14.5. The molecule has 0 aromatic heterocycles. The fourth-order valence-electron chi connectivity index (χ4n) is 2.62. The van der Waals surface area contributed by atoms with Gasteiger partial charge in [0.15, 0.2) is 0 Å². The third-order valence-corrected chi connectivity index (χ3v) is 3.68. The molecule has 1 atom stereocenters. The number of nitrogens with one attached hydrogen (secondary N) is 1. The van der Waals surface area contributed by atoms with Gasteiger partial charge in [0.2, 0.25) is 5.91 Å². The number of benzene rings is 1. The monoisotopic (exact) mass is 276 g/mol. The van der Waals surface area contributed by atoms with E-state index in [-0.39, 0.29) is 24.9 Å². The highest BCUT2D eigenvalue weighted by molar-refractivity contribution is 5.93. The second-order valence-electron chi connectivity index (χ2n) is 5.23. The molecule has 5 heteroatoms. The predicted molar refractivity (Wildman–Crippen MR) is 76.7 cm³/mol. The average Bonchev–Trinajstić information content (AvgIpc) is 2.78. The molecule has 0 aliphatic carbocycles. The summed E-state index contributed by atoms with van der Waals surface area (Å²) in [6.07, 6.45) is 1.91. The van der Waals surface area contributed by atoms with E-state index in [0.717, 1.165) is 30.6 Å². The largest absolute Gasteiger partial charge is 0.481 e. The molecule has 2 N–H and O–H groups in total. The highest BCUT2D eigenvalue weighted by atomic mass is 16.4. The van der Waals surface area contributed by atoms with Gasteiger partial charge in [0, 0.05) is 11.7 Å². The van der Waals surface area contributed by atoms with E-state index in [1.54, 1.807) is 0 Å².